The van der Waals surface area contributed by atoms with Crippen LogP contribution in [-0.4, -0.2) is 48.0 Å². The van der Waals surface area contributed by atoms with Gasteiger partial charge in [-0.1, -0.05) is 19.4 Å². The average Bonchev–Trinajstić information content (AvgIpc) is 2.53. The summed E-state index contributed by atoms with van der Waals surface area (Å²) < 4.78 is 46.7. The second-order valence-electron chi connectivity index (χ2n) is 7.60. The molecule has 0 radical (unpaired) electrons. The van der Waals surface area contributed by atoms with E-state index in [2.05, 4.69) is 4.74 Å². The number of carbonyl (C=O) groups excluding carboxylic acids is 2. The molecule has 1 saturated heterocycles. The normalized spacial score (nSPS) is 18.2. The van der Waals surface area contributed by atoms with Gasteiger partial charge in [0.2, 0.25) is 5.91 Å². The molecule has 0 N–H and O–H groups in total. The number of rotatable bonds is 4. The van der Waals surface area contributed by atoms with Crippen LogP contribution in [-0.2, 0) is 9.53 Å². The van der Waals surface area contributed by atoms with Crippen molar-refractivity contribution < 1.29 is 32.2 Å². The van der Waals surface area contributed by atoms with E-state index in [-0.39, 0.29) is 24.8 Å². The second-order valence-corrected chi connectivity index (χ2v) is 7.60. The lowest BCUT2D eigenvalue weighted by molar-refractivity contribution is -0.274. The predicted molar refractivity (Wildman–Crippen MR) is 97.1 cm³/mol. The molecule has 28 heavy (non-hydrogen) atoms. The Bertz CT molecular complexity index is 716. The number of halogens is 3. The van der Waals surface area contributed by atoms with E-state index in [4.69, 9.17) is 4.74 Å². The predicted octanol–water partition coefficient (Wildman–Crippen LogP) is 4.34. The first-order valence-electron chi connectivity index (χ1n) is 9.05. The minimum Gasteiger partial charge on any atom is -0.444 e. The average molecular weight is 402 g/mol. The number of hydrogen-bond donors (Lipinski definition) is 0. The fourth-order valence-corrected chi connectivity index (χ4v) is 2.98. The summed E-state index contributed by atoms with van der Waals surface area (Å²) >= 11 is 0. The molecule has 0 bridgehead atoms. The molecule has 0 aliphatic carbocycles. The van der Waals surface area contributed by atoms with Crippen LogP contribution in [0.3, 0.4) is 0 Å². The highest BCUT2D eigenvalue weighted by molar-refractivity contribution is 5.97. The second kappa shape index (κ2) is 8.28. The van der Waals surface area contributed by atoms with Gasteiger partial charge in [0, 0.05) is 18.3 Å². The molecule has 0 spiro atoms. The van der Waals surface area contributed by atoms with Crippen LogP contribution in [0.4, 0.5) is 23.7 Å². The van der Waals surface area contributed by atoms with Crippen molar-refractivity contribution in [1.29, 1.82) is 0 Å². The van der Waals surface area contributed by atoms with Crippen LogP contribution >= 0.6 is 0 Å². The van der Waals surface area contributed by atoms with Gasteiger partial charge in [-0.2, -0.15) is 0 Å². The van der Waals surface area contributed by atoms with Gasteiger partial charge in [0.25, 0.3) is 0 Å². The summed E-state index contributed by atoms with van der Waals surface area (Å²) in [5.74, 6) is -0.804. The smallest absolute Gasteiger partial charge is 0.444 e. The number of nitrogens with zero attached hydrogens (tertiary/aromatic N) is 2. The fraction of sp³-hybridized carbons (Fsp3) is 0.579. The van der Waals surface area contributed by atoms with Gasteiger partial charge in [0.15, 0.2) is 0 Å². The maximum absolute atomic E-state index is 12.6. The van der Waals surface area contributed by atoms with E-state index in [0.29, 0.717) is 6.42 Å². The third-order valence-electron chi connectivity index (χ3n) is 4.05. The molecule has 156 valence electrons. The van der Waals surface area contributed by atoms with Crippen molar-refractivity contribution in [3.63, 3.8) is 0 Å². The Balaban J connectivity index is 2.22. The maximum Gasteiger partial charge on any atom is 0.573 e. The Kier molecular flexibility index (Phi) is 6.46. The van der Waals surface area contributed by atoms with Crippen LogP contribution in [0.25, 0.3) is 0 Å². The van der Waals surface area contributed by atoms with Crippen molar-refractivity contribution in [1.82, 2.24) is 4.90 Å². The topological polar surface area (TPSA) is 59.1 Å². The first kappa shape index (κ1) is 21.8. The van der Waals surface area contributed by atoms with Crippen LogP contribution in [0.15, 0.2) is 24.3 Å². The lowest BCUT2D eigenvalue weighted by atomic mass is 10.1. The first-order valence-corrected chi connectivity index (χ1v) is 9.05. The monoisotopic (exact) mass is 402 g/mol. The molecule has 9 heteroatoms. The molecule has 6 nitrogen and oxygen atoms in total. The van der Waals surface area contributed by atoms with E-state index in [9.17, 15) is 22.8 Å². The lowest BCUT2D eigenvalue weighted by Crippen LogP contribution is -2.58. The van der Waals surface area contributed by atoms with Gasteiger partial charge in [-0.3, -0.25) is 9.69 Å². The molecule has 0 unspecified atom stereocenters. The van der Waals surface area contributed by atoms with Gasteiger partial charge in [-0.25, -0.2) is 4.79 Å². The number of amides is 2. The highest BCUT2D eigenvalue weighted by Gasteiger charge is 2.38. The van der Waals surface area contributed by atoms with Crippen molar-refractivity contribution in [3.05, 3.63) is 24.3 Å². The molecule has 1 aliphatic rings. The summed E-state index contributed by atoms with van der Waals surface area (Å²) in [4.78, 5) is 27.9. The molecular formula is C19H25F3N2O4. The van der Waals surface area contributed by atoms with E-state index >= 15 is 0 Å². The summed E-state index contributed by atoms with van der Waals surface area (Å²) in [6.07, 6.45) is -4.00. The van der Waals surface area contributed by atoms with E-state index in [1.54, 1.807) is 20.8 Å². The quantitative estimate of drug-likeness (QED) is 0.752. The molecule has 0 aromatic heterocycles. The van der Waals surface area contributed by atoms with Gasteiger partial charge in [0.1, 0.15) is 17.9 Å². The number of piperazine rings is 1. The lowest BCUT2D eigenvalue weighted by Gasteiger charge is -2.41. The number of carbonyl (C=O) groups is 2. The van der Waals surface area contributed by atoms with Gasteiger partial charge in [-0.15, -0.1) is 13.2 Å². The van der Waals surface area contributed by atoms with E-state index in [1.807, 2.05) is 6.92 Å². The molecular weight excluding hydrogens is 377 g/mol. The van der Waals surface area contributed by atoms with Gasteiger partial charge >= 0.3 is 12.5 Å². The number of benzene rings is 1. The standard InChI is InChI=1S/C19H25F3N2O4/c1-5-7-14-11-23(13-8-6-9-15(10-13)27-19(20,21)22)16(25)12-24(14)17(26)28-18(2,3)4/h6,8-10,14H,5,7,11-12H2,1-4H3/t14-/m0/s1. The van der Waals surface area contributed by atoms with Gasteiger partial charge in [-0.05, 0) is 39.3 Å². The van der Waals surface area contributed by atoms with Crippen molar-refractivity contribution in [2.45, 2.75) is 58.5 Å². The minimum atomic E-state index is -4.82. The molecule has 1 fully saturated rings. The summed E-state index contributed by atoms with van der Waals surface area (Å²) in [7, 11) is 0. The molecule has 1 aromatic carbocycles. The Morgan fingerprint density at radius 3 is 2.50 bits per heavy atom. The highest BCUT2D eigenvalue weighted by atomic mass is 19.4. The Labute approximate surface area is 162 Å². The summed E-state index contributed by atoms with van der Waals surface area (Å²) in [5, 5.41) is 0. The molecule has 2 rings (SSSR count). The largest absolute Gasteiger partial charge is 0.573 e. The SMILES string of the molecule is CCC[C@H]1CN(c2cccc(OC(F)(F)F)c2)C(=O)CN1C(=O)OC(C)(C)C. The number of ether oxygens (including phenoxy) is 2. The van der Waals surface area contributed by atoms with Crippen molar-refractivity contribution in [2.75, 3.05) is 18.0 Å². The van der Waals surface area contributed by atoms with Crippen molar-refractivity contribution in [2.24, 2.45) is 0 Å². The Hall–Kier alpha value is -2.45. The zero-order valence-corrected chi connectivity index (χ0v) is 16.4. The van der Waals surface area contributed by atoms with E-state index in [0.717, 1.165) is 12.5 Å². The zero-order chi connectivity index (χ0) is 21.1. The third-order valence-corrected chi connectivity index (χ3v) is 4.05. The van der Waals surface area contributed by atoms with Crippen molar-refractivity contribution >= 4 is 17.7 Å². The van der Waals surface area contributed by atoms with Crippen LogP contribution in [0.1, 0.15) is 40.5 Å². The molecule has 1 aliphatic heterocycles. The fourth-order valence-electron chi connectivity index (χ4n) is 2.98. The highest BCUT2D eigenvalue weighted by Crippen LogP contribution is 2.29. The number of hydrogen-bond acceptors (Lipinski definition) is 4. The Morgan fingerprint density at radius 2 is 1.93 bits per heavy atom. The third kappa shape index (κ3) is 6.03. The molecule has 2 amide bonds. The van der Waals surface area contributed by atoms with Crippen LogP contribution in [0.2, 0.25) is 0 Å². The number of anilines is 1. The zero-order valence-electron chi connectivity index (χ0n) is 16.4. The van der Waals surface area contributed by atoms with Crippen LogP contribution < -0.4 is 9.64 Å². The van der Waals surface area contributed by atoms with Gasteiger partial charge in [0.05, 0.1) is 6.04 Å². The summed E-state index contributed by atoms with van der Waals surface area (Å²) in [6.45, 7) is 7.13. The summed E-state index contributed by atoms with van der Waals surface area (Å²) in [5.41, 5.74) is -0.409. The van der Waals surface area contributed by atoms with Crippen LogP contribution in [0, 0.1) is 0 Å². The van der Waals surface area contributed by atoms with E-state index in [1.165, 1.54) is 28.0 Å². The number of alkyl halides is 3. The first-order chi connectivity index (χ1) is 12.9. The molecule has 0 saturated carbocycles. The maximum atomic E-state index is 12.6. The minimum absolute atomic E-state index is 0.168. The van der Waals surface area contributed by atoms with Crippen LogP contribution in [0.5, 0.6) is 5.75 Å². The molecule has 1 heterocycles. The Morgan fingerprint density at radius 1 is 1.25 bits per heavy atom. The van der Waals surface area contributed by atoms with Gasteiger partial charge < -0.3 is 14.4 Å². The van der Waals surface area contributed by atoms with E-state index < -0.39 is 29.7 Å². The molecule has 1 atom stereocenters. The summed E-state index contributed by atoms with van der Waals surface area (Å²) in [6, 6.07) is 4.95. The molecule has 1 aromatic rings. The van der Waals surface area contributed by atoms with Crippen molar-refractivity contribution in [3.8, 4) is 5.75 Å².